The van der Waals surface area contributed by atoms with Crippen molar-refractivity contribution in [1.29, 1.82) is 0 Å². The van der Waals surface area contributed by atoms with Gasteiger partial charge in [0.2, 0.25) is 0 Å². The number of anilines is 1. The summed E-state index contributed by atoms with van der Waals surface area (Å²) in [6.07, 6.45) is 6.00. The molecule has 0 bridgehead atoms. The van der Waals surface area contributed by atoms with E-state index in [1.807, 2.05) is 29.8 Å². The number of aromatic nitrogens is 3. The number of benzene rings is 2. The summed E-state index contributed by atoms with van der Waals surface area (Å²) >= 11 is 7.71. The summed E-state index contributed by atoms with van der Waals surface area (Å²) in [7, 11) is 0. The van der Waals surface area contributed by atoms with Gasteiger partial charge in [0.05, 0.1) is 21.6 Å². The second-order valence-corrected chi connectivity index (χ2v) is 8.34. The van der Waals surface area contributed by atoms with Gasteiger partial charge >= 0.3 is 0 Å². The van der Waals surface area contributed by atoms with E-state index < -0.39 is 5.82 Å². The molecule has 1 amide bonds. The largest absolute Gasteiger partial charge is 0.481 e. The van der Waals surface area contributed by atoms with Crippen LogP contribution in [0.4, 0.5) is 9.52 Å². The maximum absolute atomic E-state index is 13.9. The minimum Gasteiger partial charge on any atom is -0.481 e. The van der Waals surface area contributed by atoms with E-state index in [0.717, 1.165) is 15.8 Å². The Hall–Kier alpha value is -2.97. The van der Waals surface area contributed by atoms with Crippen LogP contribution in [0.2, 0.25) is 5.02 Å². The van der Waals surface area contributed by atoms with Crippen LogP contribution in [0.5, 0.6) is 5.75 Å². The Bertz CT molecular complexity index is 1160. The number of hydrogen-bond acceptors (Lipinski definition) is 5. The fourth-order valence-electron chi connectivity index (χ4n) is 3.14. The lowest BCUT2D eigenvalue weighted by atomic mass is 10.2. The van der Waals surface area contributed by atoms with Gasteiger partial charge in [-0.05, 0) is 37.1 Å². The molecule has 9 heteroatoms. The summed E-state index contributed by atoms with van der Waals surface area (Å²) in [5.41, 5.74) is 1.75. The molecule has 0 aliphatic rings. The van der Waals surface area contributed by atoms with Crippen LogP contribution in [-0.4, -0.2) is 33.6 Å². The average molecular weight is 459 g/mol. The van der Waals surface area contributed by atoms with Gasteiger partial charge in [-0.15, -0.1) is 0 Å². The second kappa shape index (κ2) is 9.45. The Morgan fingerprint density at radius 3 is 2.87 bits per heavy atom. The first-order valence-electron chi connectivity index (χ1n) is 9.72. The zero-order valence-corrected chi connectivity index (χ0v) is 18.4. The van der Waals surface area contributed by atoms with Gasteiger partial charge in [0.15, 0.2) is 23.3 Å². The fourth-order valence-corrected chi connectivity index (χ4v) is 4.50. The van der Waals surface area contributed by atoms with E-state index in [4.69, 9.17) is 16.3 Å². The minimum atomic E-state index is -0.510. The normalized spacial score (nSPS) is 11.1. The van der Waals surface area contributed by atoms with E-state index in [0.29, 0.717) is 29.7 Å². The molecule has 2 aromatic carbocycles. The number of carbonyl (C=O) groups excluding carboxylic acids is 1. The monoisotopic (exact) mass is 458 g/mol. The summed E-state index contributed by atoms with van der Waals surface area (Å²) in [6.45, 7) is 2.78. The number of thiazole rings is 1. The van der Waals surface area contributed by atoms with Gasteiger partial charge in [-0.2, -0.15) is 0 Å². The Morgan fingerprint density at radius 1 is 1.29 bits per heavy atom. The number of imidazole rings is 1. The van der Waals surface area contributed by atoms with Crippen molar-refractivity contribution in [3.8, 4) is 5.75 Å². The third kappa shape index (κ3) is 4.86. The van der Waals surface area contributed by atoms with Crippen LogP contribution in [0.25, 0.3) is 10.2 Å². The smallest absolute Gasteiger partial charge is 0.266 e. The summed E-state index contributed by atoms with van der Waals surface area (Å²) in [5, 5.41) is 1.14. The highest BCUT2D eigenvalue weighted by atomic mass is 35.5. The number of ether oxygens (including phenoxy) is 1. The van der Waals surface area contributed by atoms with Crippen molar-refractivity contribution in [1.82, 2.24) is 14.5 Å². The number of hydrogen-bond donors (Lipinski definition) is 0. The number of amides is 1. The van der Waals surface area contributed by atoms with E-state index >= 15 is 0 Å². The Kier molecular flexibility index (Phi) is 6.48. The lowest BCUT2D eigenvalue weighted by molar-refractivity contribution is -0.120. The van der Waals surface area contributed by atoms with Gasteiger partial charge < -0.3 is 9.30 Å². The topological polar surface area (TPSA) is 60.2 Å². The molecule has 2 aromatic heterocycles. The molecule has 0 atom stereocenters. The van der Waals surface area contributed by atoms with Crippen LogP contribution in [0, 0.1) is 12.7 Å². The number of carbonyl (C=O) groups is 1. The molecule has 0 saturated carbocycles. The van der Waals surface area contributed by atoms with Crippen LogP contribution in [0.1, 0.15) is 12.0 Å². The Balaban J connectivity index is 1.56. The Labute approximate surface area is 187 Å². The summed E-state index contributed by atoms with van der Waals surface area (Å²) in [5.74, 6) is -0.775. The van der Waals surface area contributed by atoms with Crippen molar-refractivity contribution in [3.05, 3.63) is 71.5 Å². The van der Waals surface area contributed by atoms with E-state index in [-0.39, 0.29) is 18.3 Å². The Morgan fingerprint density at radius 2 is 2.13 bits per heavy atom. The SMILES string of the molecule is Cc1ccc(Cl)c2sc(N(CCCn3ccnc3)C(=O)COc3ccccc3F)nc12. The van der Waals surface area contributed by atoms with Gasteiger partial charge in [-0.3, -0.25) is 9.69 Å². The number of rotatable bonds is 8. The number of fused-ring (bicyclic) bond motifs is 1. The van der Waals surface area contributed by atoms with Crippen LogP contribution in [-0.2, 0) is 11.3 Å². The number of nitrogens with zero attached hydrogens (tertiary/aromatic N) is 4. The highest BCUT2D eigenvalue weighted by Gasteiger charge is 2.22. The van der Waals surface area contributed by atoms with Crippen molar-refractivity contribution >= 4 is 44.2 Å². The average Bonchev–Trinajstić information content (AvgIpc) is 3.44. The maximum Gasteiger partial charge on any atom is 0.266 e. The van der Waals surface area contributed by atoms with Crippen LogP contribution < -0.4 is 9.64 Å². The first kappa shape index (κ1) is 21.3. The third-order valence-electron chi connectivity index (χ3n) is 4.76. The van der Waals surface area contributed by atoms with E-state index in [1.165, 1.54) is 23.5 Å². The fraction of sp³-hybridized carbons (Fsp3) is 0.227. The molecule has 0 radical (unpaired) electrons. The number of aryl methyl sites for hydroxylation is 2. The molecule has 4 rings (SSSR count). The summed E-state index contributed by atoms with van der Waals surface area (Å²) in [4.78, 5) is 23.3. The number of para-hydroxylation sites is 1. The standard InChI is InChI=1S/C22H20ClFN4O2S/c1-15-7-8-16(23)21-20(15)26-22(31-21)28(11-4-10-27-12-9-25-14-27)19(29)13-30-18-6-3-2-5-17(18)24/h2-3,5-9,12,14H,4,10-11,13H2,1H3. The molecule has 0 saturated heterocycles. The predicted octanol–water partition coefficient (Wildman–Crippen LogP) is 5.10. The van der Waals surface area contributed by atoms with Crippen molar-refractivity contribution in [2.24, 2.45) is 0 Å². The summed E-state index contributed by atoms with van der Waals surface area (Å²) in [6, 6.07) is 9.74. The van der Waals surface area contributed by atoms with Crippen molar-refractivity contribution < 1.29 is 13.9 Å². The lowest BCUT2D eigenvalue weighted by Crippen LogP contribution is -2.36. The highest BCUT2D eigenvalue weighted by Crippen LogP contribution is 2.35. The number of halogens is 2. The van der Waals surface area contributed by atoms with Crippen LogP contribution in [0.3, 0.4) is 0 Å². The van der Waals surface area contributed by atoms with Crippen molar-refractivity contribution in [3.63, 3.8) is 0 Å². The first-order valence-corrected chi connectivity index (χ1v) is 10.9. The van der Waals surface area contributed by atoms with E-state index in [1.54, 1.807) is 29.6 Å². The molecule has 6 nitrogen and oxygen atoms in total. The molecular weight excluding hydrogens is 439 g/mol. The van der Waals surface area contributed by atoms with Crippen LogP contribution in [0.15, 0.2) is 55.1 Å². The van der Waals surface area contributed by atoms with Crippen molar-refractivity contribution in [2.75, 3.05) is 18.1 Å². The molecule has 0 N–H and O–H groups in total. The van der Waals surface area contributed by atoms with E-state index in [9.17, 15) is 9.18 Å². The predicted molar refractivity (Wildman–Crippen MR) is 120 cm³/mol. The van der Waals surface area contributed by atoms with Gasteiger partial charge in [-0.25, -0.2) is 14.4 Å². The van der Waals surface area contributed by atoms with E-state index in [2.05, 4.69) is 9.97 Å². The molecule has 0 aliphatic carbocycles. The van der Waals surface area contributed by atoms with Gasteiger partial charge in [0.25, 0.3) is 5.91 Å². The summed E-state index contributed by atoms with van der Waals surface area (Å²) < 4.78 is 22.1. The maximum atomic E-state index is 13.9. The molecule has 4 aromatic rings. The molecule has 0 unspecified atom stereocenters. The van der Waals surface area contributed by atoms with Gasteiger partial charge in [0, 0.05) is 25.5 Å². The van der Waals surface area contributed by atoms with Gasteiger partial charge in [0.1, 0.15) is 0 Å². The molecule has 0 spiro atoms. The molecule has 2 heterocycles. The van der Waals surface area contributed by atoms with Crippen molar-refractivity contribution in [2.45, 2.75) is 19.9 Å². The molecule has 160 valence electrons. The zero-order chi connectivity index (χ0) is 21.8. The zero-order valence-electron chi connectivity index (χ0n) is 16.8. The highest BCUT2D eigenvalue weighted by molar-refractivity contribution is 7.23. The molecule has 0 fully saturated rings. The lowest BCUT2D eigenvalue weighted by Gasteiger charge is -2.20. The minimum absolute atomic E-state index is 0.0393. The second-order valence-electron chi connectivity index (χ2n) is 6.96. The van der Waals surface area contributed by atoms with Crippen LogP contribution >= 0.6 is 22.9 Å². The molecular formula is C22H20ClFN4O2S. The quantitative estimate of drug-likeness (QED) is 0.368. The van der Waals surface area contributed by atoms with Gasteiger partial charge in [-0.1, -0.05) is 41.1 Å². The third-order valence-corrected chi connectivity index (χ3v) is 6.30. The molecule has 0 aliphatic heterocycles. The molecule has 31 heavy (non-hydrogen) atoms. The first-order chi connectivity index (χ1) is 15.0.